The molecule has 2 aliphatic heterocycles. The quantitative estimate of drug-likeness (QED) is 0.312. The van der Waals surface area contributed by atoms with Crippen molar-refractivity contribution in [3.8, 4) is 22.8 Å². The molecule has 1 unspecified atom stereocenters. The molecule has 0 radical (unpaired) electrons. The van der Waals surface area contributed by atoms with Crippen molar-refractivity contribution in [2.75, 3.05) is 13.7 Å². The molecule has 2 aromatic carbocycles. The van der Waals surface area contributed by atoms with Gasteiger partial charge < -0.3 is 34.9 Å². The highest BCUT2D eigenvalue weighted by Crippen LogP contribution is 2.45. The first-order valence-corrected chi connectivity index (χ1v) is 16.6. The molecule has 3 heterocycles. The van der Waals surface area contributed by atoms with Gasteiger partial charge in [-0.25, -0.2) is 14.6 Å². The SMILES string of the molecule is COc1ccc2c(O[C@@H]3CC4C(=O)N[C@]5(C(=O)O)C[C@@H]5/C=C/CCC[C@H](NC(=O)OC(C)(C)C)C(=O)N4C3)cc(-c3ccccc3)nc2c1. The Kier molecular flexibility index (Phi) is 9.24. The van der Waals surface area contributed by atoms with E-state index in [-0.39, 0.29) is 25.3 Å². The number of aliphatic carboxylic acids is 1. The Bertz CT molecular complexity index is 1790. The second kappa shape index (κ2) is 13.4. The van der Waals surface area contributed by atoms with Crippen molar-refractivity contribution >= 4 is 34.8 Å². The van der Waals surface area contributed by atoms with Crippen LogP contribution in [-0.4, -0.2) is 81.8 Å². The van der Waals surface area contributed by atoms with E-state index < -0.39 is 53.2 Å². The normalized spacial score (nSPS) is 26.2. The highest BCUT2D eigenvalue weighted by molar-refractivity contribution is 5.96. The molecule has 5 atom stereocenters. The largest absolute Gasteiger partial charge is 0.497 e. The summed E-state index contributed by atoms with van der Waals surface area (Å²) < 4.78 is 17.5. The van der Waals surface area contributed by atoms with Gasteiger partial charge >= 0.3 is 12.1 Å². The summed E-state index contributed by atoms with van der Waals surface area (Å²) in [6, 6.07) is 14.9. The molecular formula is C37H42N4O8. The van der Waals surface area contributed by atoms with Crippen molar-refractivity contribution in [1.82, 2.24) is 20.5 Å². The molecule has 3 aromatic rings. The number of fused-ring (bicyclic) bond motifs is 3. The van der Waals surface area contributed by atoms with Gasteiger partial charge in [0.25, 0.3) is 0 Å². The van der Waals surface area contributed by atoms with Gasteiger partial charge in [-0.2, -0.15) is 0 Å². The van der Waals surface area contributed by atoms with Crippen LogP contribution in [0.4, 0.5) is 4.79 Å². The third-order valence-electron chi connectivity index (χ3n) is 9.15. The van der Waals surface area contributed by atoms with Gasteiger partial charge in [-0.05, 0) is 58.6 Å². The Balaban J connectivity index is 1.34. The standard InChI is InChI=1S/C37H42N4O8/c1-36(2,3)49-35(46)39-27-14-10-6-9-13-23-20-37(23,34(44)45)40-32(42)30-18-25(21-41(30)33(27)43)48-31-19-28(22-11-7-5-8-12-22)38-29-17-24(47-4)15-16-26(29)31/h5,7-9,11-13,15-17,19,23,25,27,30H,6,10,14,18,20-21H2,1-4H3,(H,39,46)(H,40,42)(H,44,45)/b13-9+/t23-,25+,27-,30?,37+/m0/s1. The smallest absolute Gasteiger partial charge is 0.408 e. The summed E-state index contributed by atoms with van der Waals surface area (Å²) in [5.41, 5.74) is -0.0285. The van der Waals surface area contributed by atoms with Crippen molar-refractivity contribution in [2.24, 2.45) is 5.92 Å². The van der Waals surface area contributed by atoms with E-state index >= 15 is 0 Å². The van der Waals surface area contributed by atoms with E-state index in [1.54, 1.807) is 27.9 Å². The van der Waals surface area contributed by atoms with Crippen LogP contribution in [-0.2, 0) is 19.1 Å². The lowest BCUT2D eigenvalue weighted by atomic mass is 10.1. The molecule has 0 spiro atoms. The predicted molar refractivity (Wildman–Crippen MR) is 181 cm³/mol. The van der Waals surface area contributed by atoms with E-state index in [4.69, 9.17) is 19.2 Å². The second-order valence-corrected chi connectivity index (χ2v) is 13.9. The average molecular weight is 671 g/mol. The zero-order chi connectivity index (χ0) is 34.9. The van der Waals surface area contributed by atoms with Gasteiger partial charge in [0, 0.05) is 35.4 Å². The molecule has 12 nitrogen and oxygen atoms in total. The fourth-order valence-corrected chi connectivity index (χ4v) is 6.59. The minimum absolute atomic E-state index is 0.0335. The molecule has 0 bridgehead atoms. The minimum Gasteiger partial charge on any atom is -0.497 e. The number of alkyl carbamates (subject to hydrolysis) is 1. The summed E-state index contributed by atoms with van der Waals surface area (Å²) in [5, 5.41) is 16.3. The lowest BCUT2D eigenvalue weighted by Gasteiger charge is -2.30. The first-order chi connectivity index (χ1) is 23.4. The van der Waals surface area contributed by atoms with E-state index in [2.05, 4.69) is 10.6 Å². The lowest BCUT2D eigenvalue weighted by molar-refractivity contribution is -0.145. The Morgan fingerprint density at radius 2 is 1.88 bits per heavy atom. The fourth-order valence-electron chi connectivity index (χ4n) is 6.59. The van der Waals surface area contributed by atoms with Gasteiger partial charge in [-0.1, -0.05) is 42.5 Å². The molecule has 3 aliphatic rings. The van der Waals surface area contributed by atoms with Gasteiger partial charge in [0.1, 0.15) is 40.8 Å². The summed E-state index contributed by atoms with van der Waals surface area (Å²) in [5.74, 6) is -1.39. The Morgan fingerprint density at radius 1 is 1.10 bits per heavy atom. The van der Waals surface area contributed by atoms with Crippen molar-refractivity contribution in [3.05, 3.63) is 66.7 Å². The number of methoxy groups -OCH3 is 1. The van der Waals surface area contributed by atoms with Crippen molar-refractivity contribution in [2.45, 2.75) is 82.2 Å². The highest BCUT2D eigenvalue weighted by Gasteiger charge is 2.61. The van der Waals surface area contributed by atoms with Crippen LogP contribution >= 0.6 is 0 Å². The van der Waals surface area contributed by atoms with Crippen LogP contribution < -0.4 is 20.1 Å². The molecule has 1 aromatic heterocycles. The monoisotopic (exact) mass is 670 g/mol. The maximum absolute atomic E-state index is 14.3. The summed E-state index contributed by atoms with van der Waals surface area (Å²) in [6.07, 6.45) is 4.09. The van der Waals surface area contributed by atoms with Crippen molar-refractivity contribution < 1.29 is 38.5 Å². The first-order valence-electron chi connectivity index (χ1n) is 16.6. The van der Waals surface area contributed by atoms with Gasteiger partial charge in [-0.15, -0.1) is 0 Å². The van der Waals surface area contributed by atoms with Crippen molar-refractivity contribution in [1.29, 1.82) is 0 Å². The second-order valence-electron chi connectivity index (χ2n) is 13.9. The van der Waals surface area contributed by atoms with Gasteiger partial charge in [-0.3, -0.25) is 9.59 Å². The number of benzene rings is 2. The van der Waals surface area contributed by atoms with Gasteiger partial charge in [0.05, 0.1) is 24.9 Å². The molecule has 2 fully saturated rings. The number of carboxylic acids is 1. The topological polar surface area (TPSA) is 156 Å². The van der Waals surface area contributed by atoms with E-state index in [0.29, 0.717) is 42.0 Å². The number of aromatic nitrogens is 1. The number of ether oxygens (including phenoxy) is 3. The zero-order valence-electron chi connectivity index (χ0n) is 28.1. The number of pyridine rings is 1. The molecule has 258 valence electrons. The number of amides is 3. The summed E-state index contributed by atoms with van der Waals surface area (Å²) in [4.78, 5) is 59.7. The maximum atomic E-state index is 14.3. The number of carboxylic acid groups (broad SMARTS) is 1. The fraction of sp³-hybridized carbons (Fsp3) is 0.432. The number of carbonyl (C=O) groups is 4. The summed E-state index contributed by atoms with van der Waals surface area (Å²) >= 11 is 0. The Labute approximate surface area is 284 Å². The maximum Gasteiger partial charge on any atom is 0.408 e. The Morgan fingerprint density at radius 3 is 2.59 bits per heavy atom. The number of hydrogen-bond acceptors (Lipinski definition) is 8. The summed E-state index contributed by atoms with van der Waals surface area (Å²) in [7, 11) is 1.58. The van der Waals surface area contributed by atoms with Gasteiger partial charge in [0.15, 0.2) is 0 Å². The highest BCUT2D eigenvalue weighted by atomic mass is 16.6. The molecule has 1 saturated carbocycles. The summed E-state index contributed by atoms with van der Waals surface area (Å²) in [6.45, 7) is 5.24. The number of allylic oxidation sites excluding steroid dienone is 1. The van der Waals surface area contributed by atoms with Crippen LogP contribution in [0, 0.1) is 5.92 Å². The van der Waals surface area contributed by atoms with E-state index in [0.717, 1.165) is 10.9 Å². The number of rotatable bonds is 6. The average Bonchev–Trinajstić information content (AvgIpc) is 3.59. The third kappa shape index (κ3) is 7.33. The zero-order valence-corrected chi connectivity index (χ0v) is 28.1. The van der Waals surface area contributed by atoms with Crippen molar-refractivity contribution in [3.63, 3.8) is 0 Å². The van der Waals surface area contributed by atoms with Crippen LogP contribution in [0.2, 0.25) is 0 Å². The van der Waals surface area contributed by atoms with Crippen LogP contribution in [0.25, 0.3) is 22.2 Å². The van der Waals surface area contributed by atoms with Crippen LogP contribution in [0.3, 0.4) is 0 Å². The minimum atomic E-state index is -1.44. The van der Waals surface area contributed by atoms with E-state index in [1.165, 1.54) is 4.90 Å². The molecule has 1 saturated heterocycles. The van der Waals surface area contributed by atoms with Crippen LogP contribution in [0.1, 0.15) is 52.9 Å². The Hall–Kier alpha value is -5.13. The molecule has 3 amide bonds. The number of hydrogen-bond donors (Lipinski definition) is 3. The molecule has 49 heavy (non-hydrogen) atoms. The number of nitrogens with zero attached hydrogens (tertiary/aromatic N) is 2. The van der Waals surface area contributed by atoms with E-state index in [1.807, 2.05) is 66.7 Å². The molecule has 3 N–H and O–H groups in total. The lowest BCUT2D eigenvalue weighted by Crippen LogP contribution is -2.56. The van der Waals surface area contributed by atoms with Crippen LogP contribution in [0.15, 0.2) is 66.7 Å². The number of carbonyl (C=O) groups excluding carboxylic acids is 3. The third-order valence-corrected chi connectivity index (χ3v) is 9.15. The van der Waals surface area contributed by atoms with Gasteiger partial charge in [0.2, 0.25) is 11.8 Å². The molecule has 12 heteroatoms. The molecule has 6 rings (SSSR count). The van der Waals surface area contributed by atoms with E-state index in [9.17, 15) is 24.3 Å². The number of nitrogens with one attached hydrogen (secondary N) is 2. The molecular weight excluding hydrogens is 628 g/mol. The predicted octanol–water partition coefficient (Wildman–Crippen LogP) is 4.85. The van der Waals surface area contributed by atoms with Crippen LogP contribution in [0.5, 0.6) is 11.5 Å². The first kappa shape index (κ1) is 33.8. The molecule has 1 aliphatic carbocycles.